The standard InChI is InChI=1S/C17H21N3O2S2/c1-11(2)18-17(22)19-15(21)10-20-7-5-13-12(6-9-24-13)16(20)14-4-3-8-23-14/h3-4,6,8-9,11,16H,5,7,10H2,1-2H3,(H2,18,19,21,22). The number of carbonyl (C=O) groups excluding carboxylic acids is 2. The summed E-state index contributed by atoms with van der Waals surface area (Å²) in [6.07, 6.45) is 0.945. The van der Waals surface area contributed by atoms with Crippen molar-refractivity contribution in [2.24, 2.45) is 0 Å². The number of fused-ring (bicyclic) bond motifs is 1. The van der Waals surface area contributed by atoms with Gasteiger partial charge in [-0.2, -0.15) is 0 Å². The number of urea groups is 1. The summed E-state index contributed by atoms with van der Waals surface area (Å²) in [5.41, 5.74) is 1.29. The number of nitrogens with zero attached hydrogens (tertiary/aromatic N) is 1. The molecular weight excluding hydrogens is 342 g/mol. The minimum Gasteiger partial charge on any atom is -0.336 e. The van der Waals surface area contributed by atoms with E-state index in [4.69, 9.17) is 0 Å². The number of carbonyl (C=O) groups is 2. The molecule has 0 aromatic carbocycles. The van der Waals surface area contributed by atoms with Crippen LogP contribution in [0.3, 0.4) is 0 Å². The molecule has 1 atom stereocenters. The smallest absolute Gasteiger partial charge is 0.321 e. The SMILES string of the molecule is CC(C)NC(=O)NC(=O)CN1CCc2sccc2C1c1cccs1. The van der Waals surface area contributed by atoms with E-state index in [-0.39, 0.29) is 24.5 Å². The van der Waals surface area contributed by atoms with Crippen LogP contribution < -0.4 is 10.6 Å². The predicted octanol–water partition coefficient (Wildman–Crippen LogP) is 2.99. The van der Waals surface area contributed by atoms with Gasteiger partial charge in [0.25, 0.3) is 0 Å². The number of hydrogen-bond donors (Lipinski definition) is 2. The quantitative estimate of drug-likeness (QED) is 0.878. The van der Waals surface area contributed by atoms with Crippen molar-refractivity contribution in [3.8, 4) is 0 Å². The van der Waals surface area contributed by atoms with Crippen LogP contribution in [-0.4, -0.2) is 36.0 Å². The van der Waals surface area contributed by atoms with Crippen LogP contribution in [0, 0.1) is 0 Å². The van der Waals surface area contributed by atoms with Crippen molar-refractivity contribution in [1.29, 1.82) is 0 Å². The number of thiophene rings is 2. The second-order valence-corrected chi connectivity index (χ2v) is 8.09. The number of nitrogens with one attached hydrogen (secondary N) is 2. The van der Waals surface area contributed by atoms with Gasteiger partial charge in [-0.15, -0.1) is 22.7 Å². The summed E-state index contributed by atoms with van der Waals surface area (Å²) < 4.78 is 0. The molecule has 0 bridgehead atoms. The Morgan fingerprint density at radius 3 is 2.83 bits per heavy atom. The summed E-state index contributed by atoms with van der Waals surface area (Å²) in [5.74, 6) is -0.270. The molecule has 0 radical (unpaired) electrons. The molecule has 2 N–H and O–H groups in total. The Morgan fingerprint density at radius 2 is 2.12 bits per heavy atom. The second kappa shape index (κ2) is 7.46. The lowest BCUT2D eigenvalue weighted by molar-refractivity contribution is -0.121. The van der Waals surface area contributed by atoms with E-state index in [0.717, 1.165) is 13.0 Å². The van der Waals surface area contributed by atoms with E-state index < -0.39 is 6.03 Å². The van der Waals surface area contributed by atoms with Gasteiger partial charge in [0.05, 0.1) is 12.6 Å². The van der Waals surface area contributed by atoms with Crippen molar-refractivity contribution in [1.82, 2.24) is 15.5 Å². The molecule has 0 fully saturated rings. The molecule has 0 saturated carbocycles. The number of imide groups is 1. The third-order valence-corrected chi connectivity index (χ3v) is 5.82. The summed E-state index contributed by atoms with van der Waals surface area (Å²) in [5, 5.41) is 9.27. The molecule has 2 aromatic heterocycles. The molecule has 0 aliphatic carbocycles. The van der Waals surface area contributed by atoms with Crippen LogP contribution in [0.25, 0.3) is 0 Å². The number of amides is 3. The molecule has 1 aliphatic heterocycles. The Hall–Kier alpha value is -1.70. The predicted molar refractivity (Wildman–Crippen MR) is 97.6 cm³/mol. The summed E-state index contributed by atoms with van der Waals surface area (Å²) in [6.45, 7) is 4.75. The Labute approximate surface area is 149 Å². The molecule has 3 heterocycles. The average molecular weight is 364 g/mol. The van der Waals surface area contributed by atoms with Crippen molar-refractivity contribution in [2.45, 2.75) is 32.4 Å². The molecule has 5 nitrogen and oxygen atoms in total. The van der Waals surface area contributed by atoms with Gasteiger partial charge < -0.3 is 5.32 Å². The average Bonchev–Trinajstić information content (AvgIpc) is 3.16. The Balaban J connectivity index is 1.73. The van der Waals surface area contributed by atoms with Crippen molar-refractivity contribution in [3.05, 3.63) is 44.3 Å². The molecule has 24 heavy (non-hydrogen) atoms. The fraction of sp³-hybridized carbons (Fsp3) is 0.412. The lowest BCUT2D eigenvalue weighted by Gasteiger charge is -2.34. The zero-order valence-electron chi connectivity index (χ0n) is 13.7. The van der Waals surface area contributed by atoms with Crippen LogP contribution in [0.15, 0.2) is 29.0 Å². The van der Waals surface area contributed by atoms with Crippen molar-refractivity contribution < 1.29 is 9.59 Å². The molecule has 3 rings (SSSR count). The second-order valence-electron chi connectivity index (χ2n) is 6.11. The van der Waals surface area contributed by atoms with Gasteiger partial charge in [-0.05, 0) is 48.7 Å². The zero-order valence-corrected chi connectivity index (χ0v) is 15.4. The molecule has 0 saturated heterocycles. The van der Waals surface area contributed by atoms with Gasteiger partial charge in [0, 0.05) is 22.3 Å². The van der Waals surface area contributed by atoms with E-state index in [0.29, 0.717) is 0 Å². The van der Waals surface area contributed by atoms with E-state index in [1.165, 1.54) is 15.3 Å². The number of hydrogen-bond acceptors (Lipinski definition) is 5. The molecule has 0 spiro atoms. The topological polar surface area (TPSA) is 61.4 Å². The maximum absolute atomic E-state index is 12.3. The minimum absolute atomic E-state index is 0.0000171. The Bertz CT molecular complexity index is 709. The van der Waals surface area contributed by atoms with Gasteiger partial charge in [-0.1, -0.05) is 6.07 Å². The van der Waals surface area contributed by atoms with Gasteiger partial charge in [-0.3, -0.25) is 15.0 Å². The van der Waals surface area contributed by atoms with Crippen LogP contribution in [0.5, 0.6) is 0 Å². The maximum atomic E-state index is 12.3. The lowest BCUT2D eigenvalue weighted by atomic mass is 9.98. The van der Waals surface area contributed by atoms with Gasteiger partial charge in [0.2, 0.25) is 5.91 Å². The van der Waals surface area contributed by atoms with Crippen LogP contribution in [-0.2, 0) is 11.2 Å². The monoisotopic (exact) mass is 363 g/mol. The third kappa shape index (κ3) is 3.85. The highest BCUT2D eigenvalue weighted by atomic mass is 32.1. The first-order chi connectivity index (χ1) is 11.5. The van der Waals surface area contributed by atoms with E-state index in [1.54, 1.807) is 22.7 Å². The van der Waals surface area contributed by atoms with E-state index >= 15 is 0 Å². The molecule has 2 aromatic rings. The summed E-state index contributed by atoms with van der Waals surface area (Å²) in [6, 6.07) is 5.96. The number of rotatable bonds is 4. The molecule has 1 unspecified atom stereocenters. The van der Waals surface area contributed by atoms with Gasteiger partial charge in [0.15, 0.2) is 0 Å². The van der Waals surface area contributed by atoms with E-state index in [1.807, 2.05) is 19.9 Å². The first kappa shape index (κ1) is 17.1. The highest BCUT2D eigenvalue weighted by molar-refractivity contribution is 7.10. The zero-order chi connectivity index (χ0) is 17.1. The first-order valence-corrected chi connectivity index (χ1v) is 9.74. The van der Waals surface area contributed by atoms with Crippen LogP contribution in [0.1, 0.15) is 35.2 Å². The summed E-state index contributed by atoms with van der Waals surface area (Å²) >= 11 is 3.48. The minimum atomic E-state index is -0.434. The Morgan fingerprint density at radius 1 is 1.29 bits per heavy atom. The summed E-state index contributed by atoms with van der Waals surface area (Å²) in [4.78, 5) is 28.7. The Kier molecular flexibility index (Phi) is 5.33. The molecule has 7 heteroatoms. The van der Waals surface area contributed by atoms with E-state index in [2.05, 4.69) is 38.4 Å². The molecule has 128 valence electrons. The van der Waals surface area contributed by atoms with E-state index in [9.17, 15) is 9.59 Å². The first-order valence-electron chi connectivity index (χ1n) is 7.98. The maximum Gasteiger partial charge on any atom is 0.321 e. The van der Waals surface area contributed by atoms with Crippen LogP contribution in [0.4, 0.5) is 4.79 Å². The molecule has 1 aliphatic rings. The van der Waals surface area contributed by atoms with Crippen LogP contribution in [0.2, 0.25) is 0 Å². The highest BCUT2D eigenvalue weighted by Gasteiger charge is 2.31. The van der Waals surface area contributed by atoms with Crippen molar-refractivity contribution in [2.75, 3.05) is 13.1 Å². The van der Waals surface area contributed by atoms with Crippen molar-refractivity contribution in [3.63, 3.8) is 0 Å². The van der Waals surface area contributed by atoms with Crippen molar-refractivity contribution >= 4 is 34.6 Å². The fourth-order valence-corrected chi connectivity index (χ4v) is 4.75. The molecule has 3 amide bonds. The lowest BCUT2D eigenvalue weighted by Crippen LogP contribution is -2.48. The fourth-order valence-electron chi connectivity index (χ4n) is 2.97. The highest BCUT2D eigenvalue weighted by Crippen LogP contribution is 2.39. The third-order valence-electron chi connectivity index (χ3n) is 3.90. The summed E-state index contributed by atoms with van der Waals surface area (Å²) in [7, 11) is 0. The largest absolute Gasteiger partial charge is 0.336 e. The normalized spacial score (nSPS) is 17.5. The molecular formula is C17H21N3O2S2. The van der Waals surface area contributed by atoms with Gasteiger partial charge in [0.1, 0.15) is 0 Å². The van der Waals surface area contributed by atoms with Gasteiger partial charge in [-0.25, -0.2) is 4.79 Å². The van der Waals surface area contributed by atoms with Crippen LogP contribution >= 0.6 is 22.7 Å². The van der Waals surface area contributed by atoms with Gasteiger partial charge >= 0.3 is 6.03 Å².